The summed E-state index contributed by atoms with van der Waals surface area (Å²) >= 11 is 0. The van der Waals surface area contributed by atoms with E-state index in [1.807, 2.05) is 52.0 Å². The number of sulfonamides is 1. The zero-order chi connectivity index (χ0) is 33.9. The molecule has 248 valence electrons. The van der Waals surface area contributed by atoms with E-state index in [0.29, 0.717) is 58.4 Å². The van der Waals surface area contributed by atoms with Crippen LogP contribution in [0.4, 0.5) is 16.4 Å². The maximum absolute atomic E-state index is 13.1. The lowest BCUT2D eigenvalue weighted by Crippen LogP contribution is -2.47. The molecule has 0 unspecified atom stereocenters. The van der Waals surface area contributed by atoms with Crippen LogP contribution in [0.25, 0.3) is 22.0 Å². The molecule has 1 fully saturated rings. The molecule has 1 aliphatic rings. The van der Waals surface area contributed by atoms with Gasteiger partial charge in [0.15, 0.2) is 0 Å². The Balaban J connectivity index is 1.25. The Morgan fingerprint density at radius 1 is 0.958 bits per heavy atom. The lowest BCUT2D eigenvalue weighted by atomic mass is 10.0. The summed E-state index contributed by atoms with van der Waals surface area (Å²) in [5.74, 6) is 1.28. The van der Waals surface area contributed by atoms with Crippen molar-refractivity contribution in [1.82, 2.24) is 24.8 Å². The number of carbonyl (C=O) groups excluding carboxylic acids is 1. The van der Waals surface area contributed by atoms with Crippen molar-refractivity contribution in [3.63, 3.8) is 0 Å². The second-order valence-corrected chi connectivity index (χ2v) is 14.2. The Bertz CT molecular complexity index is 2050. The normalized spacial score (nSPS) is 15.2. The molecule has 0 radical (unpaired) electrons. The van der Waals surface area contributed by atoms with E-state index in [2.05, 4.69) is 25.0 Å². The van der Waals surface area contributed by atoms with Gasteiger partial charge in [0.2, 0.25) is 11.8 Å². The molecule has 0 aliphatic carbocycles. The van der Waals surface area contributed by atoms with Crippen LogP contribution in [0, 0.1) is 6.92 Å². The molecule has 2 N–H and O–H groups in total. The molecule has 3 aromatic heterocycles. The molecular formula is C35H37N7O5S. The Labute approximate surface area is 279 Å². The van der Waals surface area contributed by atoms with E-state index in [-0.39, 0.29) is 17.0 Å². The zero-order valence-corrected chi connectivity index (χ0v) is 28.0. The minimum atomic E-state index is -3.87. The van der Waals surface area contributed by atoms with Crippen LogP contribution in [0.5, 0.6) is 11.6 Å². The van der Waals surface area contributed by atoms with Gasteiger partial charge in [0.1, 0.15) is 16.2 Å². The Hall–Kier alpha value is -5.30. The first-order chi connectivity index (χ1) is 23.0. The van der Waals surface area contributed by atoms with Crippen LogP contribution in [0.15, 0.2) is 90.3 Å². The maximum atomic E-state index is 13.1. The van der Waals surface area contributed by atoms with Crippen LogP contribution in [0.1, 0.15) is 39.2 Å². The summed E-state index contributed by atoms with van der Waals surface area (Å²) in [6.45, 7) is 8.60. The zero-order valence-electron chi connectivity index (χ0n) is 27.2. The number of amides is 1. The van der Waals surface area contributed by atoms with Crippen molar-refractivity contribution in [1.29, 1.82) is 0 Å². The fraction of sp³-hybridized carbons (Fsp3) is 0.286. The number of hydrogen-bond donors (Lipinski definition) is 2. The average molecular weight is 668 g/mol. The van der Waals surface area contributed by atoms with Crippen molar-refractivity contribution < 1.29 is 22.7 Å². The highest BCUT2D eigenvalue weighted by Crippen LogP contribution is 2.39. The van der Waals surface area contributed by atoms with Crippen LogP contribution in [0.2, 0.25) is 0 Å². The molecular weight excluding hydrogens is 630 g/mol. The van der Waals surface area contributed by atoms with Crippen molar-refractivity contribution in [2.45, 2.75) is 57.1 Å². The molecule has 1 atom stereocenters. The fourth-order valence-corrected chi connectivity index (χ4v) is 6.53. The highest BCUT2D eigenvalue weighted by atomic mass is 32.2. The Kier molecular flexibility index (Phi) is 9.13. The van der Waals surface area contributed by atoms with E-state index in [1.165, 1.54) is 18.5 Å². The van der Waals surface area contributed by atoms with Gasteiger partial charge in [-0.25, -0.2) is 28.2 Å². The molecule has 0 bridgehead atoms. The number of piperidine rings is 1. The van der Waals surface area contributed by atoms with Crippen molar-refractivity contribution >= 4 is 38.5 Å². The molecule has 13 heteroatoms. The minimum Gasteiger partial charge on any atom is -0.444 e. The van der Waals surface area contributed by atoms with Crippen LogP contribution >= 0.6 is 0 Å². The molecule has 2 aromatic carbocycles. The highest BCUT2D eigenvalue weighted by Gasteiger charge is 2.28. The van der Waals surface area contributed by atoms with Gasteiger partial charge in [-0.05, 0) is 82.5 Å². The van der Waals surface area contributed by atoms with E-state index in [4.69, 9.17) is 14.5 Å². The summed E-state index contributed by atoms with van der Waals surface area (Å²) in [5, 5.41) is 4.75. The number of carbonyl (C=O) groups is 1. The number of likely N-dealkylation sites (tertiary alicyclic amines) is 1. The van der Waals surface area contributed by atoms with E-state index in [1.54, 1.807) is 47.6 Å². The first-order valence-corrected chi connectivity index (χ1v) is 17.1. The molecule has 1 aliphatic heterocycles. The lowest BCUT2D eigenvalue weighted by Gasteiger charge is -2.34. The van der Waals surface area contributed by atoms with Gasteiger partial charge in [-0.1, -0.05) is 24.3 Å². The molecule has 5 aromatic rings. The highest BCUT2D eigenvalue weighted by molar-refractivity contribution is 7.92. The number of ether oxygens (including phenoxy) is 2. The summed E-state index contributed by atoms with van der Waals surface area (Å²) in [7, 11) is -3.87. The third kappa shape index (κ3) is 7.46. The lowest BCUT2D eigenvalue weighted by molar-refractivity contribution is 0.0206. The summed E-state index contributed by atoms with van der Waals surface area (Å²) < 4.78 is 41.0. The minimum absolute atomic E-state index is 0.0470. The van der Waals surface area contributed by atoms with Gasteiger partial charge in [-0.15, -0.1) is 0 Å². The topological polar surface area (TPSA) is 149 Å². The number of aromatic nitrogens is 4. The quantitative estimate of drug-likeness (QED) is 0.181. The molecule has 12 nitrogen and oxygen atoms in total. The molecule has 6 rings (SSSR count). The molecule has 48 heavy (non-hydrogen) atoms. The predicted molar refractivity (Wildman–Crippen MR) is 184 cm³/mol. The van der Waals surface area contributed by atoms with Crippen molar-refractivity contribution in [3.8, 4) is 22.9 Å². The number of aryl methyl sites for hydroxylation is 1. The van der Waals surface area contributed by atoms with Gasteiger partial charge in [0.05, 0.1) is 16.9 Å². The number of hydrogen-bond acceptors (Lipinski definition) is 10. The fourth-order valence-electron chi connectivity index (χ4n) is 5.49. The smallest absolute Gasteiger partial charge is 0.410 e. The second-order valence-electron chi connectivity index (χ2n) is 12.5. The molecule has 0 spiro atoms. The third-order valence-corrected chi connectivity index (χ3v) is 9.06. The number of fused-ring (bicyclic) bond motifs is 1. The molecule has 1 amide bonds. The van der Waals surface area contributed by atoms with Crippen LogP contribution in [-0.4, -0.2) is 64.1 Å². The van der Waals surface area contributed by atoms with Gasteiger partial charge < -0.3 is 19.7 Å². The number of pyridine rings is 2. The molecule has 0 saturated carbocycles. The van der Waals surface area contributed by atoms with Gasteiger partial charge in [0.25, 0.3) is 10.0 Å². The molecule has 4 heterocycles. The SMILES string of the molecule is Cc1ccc2c(NS(=O)(=O)c3cccnc3)cccc2c1Oc1ncccc1-c1ccnc(N[C@H]2CCCN(C(=O)OC(C)(C)C)C2)n1. The van der Waals surface area contributed by atoms with Gasteiger partial charge >= 0.3 is 6.09 Å². The largest absolute Gasteiger partial charge is 0.444 e. The number of nitrogens with one attached hydrogen (secondary N) is 2. The average Bonchev–Trinajstić information content (AvgIpc) is 3.06. The van der Waals surface area contributed by atoms with Crippen LogP contribution in [0.3, 0.4) is 0 Å². The van der Waals surface area contributed by atoms with Gasteiger partial charge in [-0.3, -0.25) is 9.71 Å². The summed E-state index contributed by atoms with van der Waals surface area (Å²) in [6, 6.07) is 17.6. The Morgan fingerprint density at radius 3 is 2.58 bits per heavy atom. The van der Waals surface area contributed by atoms with Crippen LogP contribution in [-0.2, 0) is 14.8 Å². The second kappa shape index (κ2) is 13.4. The van der Waals surface area contributed by atoms with Crippen molar-refractivity contribution in [2.75, 3.05) is 23.1 Å². The number of benzene rings is 2. The maximum Gasteiger partial charge on any atom is 0.410 e. The Morgan fingerprint density at radius 2 is 1.79 bits per heavy atom. The molecule has 1 saturated heterocycles. The van der Waals surface area contributed by atoms with E-state index in [0.717, 1.165) is 18.4 Å². The van der Waals surface area contributed by atoms with Crippen molar-refractivity contribution in [2.24, 2.45) is 0 Å². The summed E-state index contributed by atoms with van der Waals surface area (Å²) in [6.07, 6.45) is 7.48. The van der Waals surface area contributed by atoms with E-state index >= 15 is 0 Å². The predicted octanol–water partition coefficient (Wildman–Crippen LogP) is 6.80. The summed E-state index contributed by atoms with van der Waals surface area (Å²) in [4.78, 5) is 32.1. The third-order valence-electron chi connectivity index (χ3n) is 7.71. The van der Waals surface area contributed by atoms with Gasteiger partial charge in [-0.2, -0.15) is 0 Å². The van der Waals surface area contributed by atoms with Gasteiger partial charge in [0, 0.05) is 54.7 Å². The first kappa shape index (κ1) is 32.6. The van der Waals surface area contributed by atoms with Crippen LogP contribution < -0.4 is 14.8 Å². The van der Waals surface area contributed by atoms with E-state index < -0.39 is 15.6 Å². The van der Waals surface area contributed by atoms with Crippen molar-refractivity contribution in [3.05, 3.63) is 91.0 Å². The number of anilines is 2. The van der Waals surface area contributed by atoms with E-state index in [9.17, 15) is 13.2 Å². The monoisotopic (exact) mass is 667 g/mol. The number of rotatable bonds is 8. The number of nitrogens with zero attached hydrogens (tertiary/aromatic N) is 5. The standard InChI is InChI=1S/C35H37N7O5S/c1-23-14-15-26-27(11-5-13-30(26)41-48(44,45)25-10-6-17-36-21-25)31(23)46-32-28(12-7-18-37-32)29-16-19-38-33(40-29)39-24-9-8-20-42(22-24)34(43)47-35(2,3)4/h5-7,10-19,21,24,41H,8-9,20,22H2,1-4H3,(H,38,39,40)/t24-/m0/s1. The first-order valence-electron chi connectivity index (χ1n) is 15.6. The summed E-state index contributed by atoms with van der Waals surface area (Å²) in [5.41, 5.74) is 1.92.